The van der Waals surface area contributed by atoms with Crippen LogP contribution in [0, 0.1) is 0 Å². The number of fused-ring (bicyclic) bond motifs is 2. The lowest BCUT2D eigenvalue weighted by molar-refractivity contribution is -0.137. The smallest absolute Gasteiger partial charge is 0.324 e. The molecule has 0 unspecified atom stereocenters. The van der Waals surface area contributed by atoms with Crippen LogP contribution < -0.4 is 5.32 Å². The number of nitrogens with one attached hydrogen (secondary N) is 2. The Bertz CT molecular complexity index is 1400. The monoisotopic (exact) mass is 421 g/mol. The highest BCUT2D eigenvalue weighted by Gasteiger charge is 2.30. The molecular formula is C22H14F3N5O. The first-order valence-corrected chi connectivity index (χ1v) is 9.29. The molecule has 0 saturated carbocycles. The van der Waals surface area contributed by atoms with Gasteiger partial charge in [-0.15, -0.1) is 0 Å². The molecule has 6 nitrogen and oxygen atoms in total. The number of carbonyl (C=O) groups is 1. The van der Waals surface area contributed by atoms with Crippen LogP contribution in [0.15, 0.2) is 73.1 Å². The number of alkyl halides is 3. The Morgan fingerprint density at radius 2 is 1.81 bits per heavy atom. The van der Waals surface area contributed by atoms with Gasteiger partial charge in [0.15, 0.2) is 0 Å². The van der Waals surface area contributed by atoms with Gasteiger partial charge in [0.1, 0.15) is 11.3 Å². The molecule has 31 heavy (non-hydrogen) atoms. The summed E-state index contributed by atoms with van der Waals surface area (Å²) in [6, 6.07) is 15.6. The van der Waals surface area contributed by atoms with E-state index >= 15 is 0 Å². The van der Waals surface area contributed by atoms with Crippen molar-refractivity contribution in [1.29, 1.82) is 0 Å². The van der Waals surface area contributed by atoms with E-state index in [2.05, 4.69) is 20.3 Å². The van der Waals surface area contributed by atoms with Crippen molar-refractivity contribution in [2.45, 2.75) is 6.18 Å². The van der Waals surface area contributed by atoms with Crippen LogP contribution in [0.3, 0.4) is 0 Å². The average molecular weight is 421 g/mol. The Hall–Kier alpha value is -4.14. The molecule has 154 valence electrons. The van der Waals surface area contributed by atoms with Gasteiger partial charge in [0.05, 0.1) is 16.6 Å². The van der Waals surface area contributed by atoms with Gasteiger partial charge in [-0.25, -0.2) is 9.97 Å². The third-order valence-corrected chi connectivity index (χ3v) is 4.83. The summed E-state index contributed by atoms with van der Waals surface area (Å²) in [5.41, 5.74) is 2.33. The Morgan fingerprint density at radius 3 is 2.61 bits per heavy atom. The number of hydrogen-bond acceptors (Lipinski definition) is 3. The Balaban J connectivity index is 1.42. The highest BCUT2D eigenvalue weighted by Crippen LogP contribution is 2.33. The average Bonchev–Trinajstić information content (AvgIpc) is 3.36. The molecule has 2 aromatic carbocycles. The molecule has 0 bridgehead atoms. The zero-order valence-electron chi connectivity index (χ0n) is 15.8. The van der Waals surface area contributed by atoms with E-state index in [1.165, 1.54) is 6.07 Å². The van der Waals surface area contributed by atoms with Crippen LogP contribution in [0.25, 0.3) is 27.8 Å². The molecule has 0 radical (unpaired) electrons. The van der Waals surface area contributed by atoms with Gasteiger partial charge in [-0.1, -0.05) is 24.3 Å². The van der Waals surface area contributed by atoms with Gasteiger partial charge in [-0.2, -0.15) is 13.2 Å². The van der Waals surface area contributed by atoms with Gasteiger partial charge in [-0.3, -0.25) is 10.1 Å². The Kier molecular flexibility index (Phi) is 4.25. The van der Waals surface area contributed by atoms with Gasteiger partial charge < -0.3 is 9.38 Å². The molecule has 1 amide bonds. The first-order valence-electron chi connectivity index (χ1n) is 9.29. The quantitative estimate of drug-likeness (QED) is 0.423. The molecule has 0 aliphatic carbocycles. The molecule has 3 heterocycles. The second-order valence-corrected chi connectivity index (χ2v) is 6.94. The first-order chi connectivity index (χ1) is 14.9. The van der Waals surface area contributed by atoms with E-state index in [0.29, 0.717) is 27.8 Å². The van der Waals surface area contributed by atoms with Crippen LogP contribution >= 0.6 is 0 Å². The van der Waals surface area contributed by atoms with E-state index in [4.69, 9.17) is 0 Å². The largest absolute Gasteiger partial charge is 0.416 e. The van der Waals surface area contributed by atoms with E-state index in [1.807, 2.05) is 12.1 Å². The lowest BCUT2D eigenvalue weighted by Crippen LogP contribution is -2.13. The number of carbonyl (C=O) groups excluding carboxylic acids is 1. The topological polar surface area (TPSA) is 75.1 Å². The maximum absolute atomic E-state index is 13.0. The highest BCUT2D eigenvalue weighted by molar-refractivity contribution is 6.03. The van der Waals surface area contributed by atoms with Gasteiger partial charge in [0.25, 0.3) is 5.91 Å². The van der Waals surface area contributed by atoms with Gasteiger partial charge in [0, 0.05) is 12.4 Å². The van der Waals surface area contributed by atoms with Gasteiger partial charge in [0.2, 0.25) is 5.95 Å². The minimum Gasteiger partial charge on any atom is -0.324 e. The summed E-state index contributed by atoms with van der Waals surface area (Å²) in [5, 5.41) is 2.67. The van der Waals surface area contributed by atoms with Crippen LogP contribution in [-0.4, -0.2) is 25.3 Å². The van der Waals surface area contributed by atoms with Gasteiger partial charge >= 0.3 is 6.18 Å². The zero-order chi connectivity index (χ0) is 21.6. The number of anilines is 1. The van der Waals surface area contributed by atoms with Crippen LogP contribution in [0.4, 0.5) is 19.1 Å². The molecule has 9 heteroatoms. The number of halogens is 3. The maximum atomic E-state index is 13.0. The Morgan fingerprint density at radius 1 is 0.968 bits per heavy atom. The van der Waals surface area contributed by atoms with Crippen LogP contribution in [0.5, 0.6) is 0 Å². The minimum atomic E-state index is -4.41. The summed E-state index contributed by atoms with van der Waals surface area (Å²) >= 11 is 0. The number of aromatic nitrogens is 4. The summed E-state index contributed by atoms with van der Waals surface area (Å²) in [7, 11) is 0. The third-order valence-electron chi connectivity index (χ3n) is 4.83. The van der Waals surface area contributed by atoms with Crippen molar-refractivity contribution < 1.29 is 18.0 Å². The summed E-state index contributed by atoms with van der Waals surface area (Å²) in [6.45, 7) is 0. The van der Waals surface area contributed by atoms with Crippen LogP contribution in [-0.2, 0) is 6.18 Å². The molecule has 3 aromatic heterocycles. The van der Waals surface area contributed by atoms with Crippen molar-refractivity contribution in [3.8, 4) is 11.1 Å². The fourth-order valence-electron chi connectivity index (χ4n) is 3.34. The molecule has 5 rings (SSSR count). The number of aromatic amines is 1. The number of imidazole rings is 2. The number of benzene rings is 2. The first kappa shape index (κ1) is 18.9. The SMILES string of the molecule is O=C(Nc1nc2cc(-c3cccc(C(F)(F)F)c3)ccc2[nH]1)c1cn2ccccc2n1. The van der Waals surface area contributed by atoms with E-state index in [1.54, 1.807) is 47.1 Å². The predicted molar refractivity (Wildman–Crippen MR) is 110 cm³/mol. The fraction of sp³-hybridized carbons (Fsp3) is 0.0455. The standard InChI is InChI=1S/C22H14F3N5O/c23-22(24,25)15-5-3-4-13(10-15)14-7-8-16-17(11-14)28-21(27-16)29-20(31)18-12-30-9-2-1-6-19(30)26-18/h1-12H,(H2,27,28,29,31). The fourth-order valence-corrected chi connectivity index (χ4v) is 3.34. The van der Waals surface area contributed by atoms with E-state index in [-0.39, 0.29) is 11.6 Å². The second-order valence-electron chi connectivity index (χ2n) is 6.94. The summed E-state index contributed by atoms with van der Waals surface area (Å²) in [4.78, 5) is 24.1. The maximum Gasteiger partial charge on any atom is 0.416 e. The Labute approximate surface area is 173 Å². The zero-order valence-corrected chi connectivity index (χ0v) is 15.8. The van der Waals surface area contributed by atoms with Gasteiger partial charge in [-0.05, 0) is 47.5 Å². The molecule has 0 fully saturated rings. The van der Waals surface area contributed by atoms with Crippen LogP contribution in [0.2, 0.25) is 0 Å². The lowest BCUT2D eigenvalue weighted by atomic mass is 10.0. The van der Waals surface area contributed by atoms with Crippen molar-refractivity contribution in [1.82, 2.24) is 19.4 Å². The number of pyridine rings is 1. The number of nitrogens with zero attached hydrogens (tertiary/aromatic N) is 3. The van der Waals surface area contributed by atoms with E-state index in [0.717, 1.165) is 12.1 Å². The van der Waals surface area contributed by atoms with Crippen molar-refractivity contribution >= 4 is 28.5 Å². The highest BCUT2D eigenvalue weighted by atomic mass is 19.4. The molecule has 0 aliphatic rings. The van der Waals surface area contributed by atoms with Crippen molar-refractivity contribution in [2.24, 2.45) is 0 Å². The van der Waals surface area contributed by atoms with Crippen molar-refractivity contribution in [3.63, 3.8) is 0 Å². The summed E-state index contributed by atoms with van der Waals surface area (Å²) in [6.07, 6.45) is -1.02. The summed E-state index contributed by atoms with van der Waals surface area (Å²) in [5.74, 6) is -0.209. The van der Waals surface area contributed by atoms with Crippen molar-refractivity contribution in [2.75, 3.05) is 5.32 Å². The van der Waals surface area contributed by atoms with E-state index in [9.17, 15) is 18.0 Å². The number of rotatable bonds is 3. The molecule has 0 saturated heterocycles. The summed E-state index contributed by atoms with van der Waals surface area (Å²) < 4.78 is 40.7. The molecule has 2 N–H and O–H groups in total. The number of H-pyrrole nitrogens is 1. The number of hydrogen-bond donors (Lipinski definition) is 2. The minimum absolute atomic E-state index is 0.221. The molecule has 0 spiro atoms. The number of amides is 1. The molecule has 0 atom stereocenters. The van der Waals surface area contributed by atoms with E-state index < -0.39 is 17.6 Å². The third kappa shape index (κ3) is 3.61. The lowest BCUT2D eigenvalue weighted by Gasteiger charge is -2.08. The second kappa shape index (κ2) is 6.98. The normalized spacial score (nSPS) is 11.8. The molecule has 5 aromatic rings. The molecular weight excluding hydrogens is 407 g/mol. The van der Waals surface area contributed by atoms with Crippen molar-refractivity contribution in [3.05, 3.63) is 84.3 Å². The predicted octanol–water partition coefficient (Wildman–Crippen LogP) is 5.15. The van der Waals surface area contributed by atoms with Crippen LogP contribution in [0.1, 0.15) is 16.1 Å². The molecule has 0 aliphatic heterocycles.